The first kappa shape index (κ1) is 17.4. The molecule has 0 saturated carbocycles. The molecule has 0 heterocycles. The predicted octanol–water partition coefficient (Wildman–Crippen LogP) is 4.59. The van der Waals surface area contributed by atoms with Gasteiger partial charge in [-0.25, -0.2) is 0 Å². The van der Waals surface area contributed by atoms with Crippen molar-refractivity contribution in [2.75, 3.05) is 0 Å². The highest BCUT2D eigenvalue weighted by atomic mass is 16.3. The minimum absolute atomic E-state index is 0.00373. The Morgan fingerprint density at radius 3 is 2.24 bits per heavy atom. The summed E-state index contributed by atoms with van der Waals surface area (Å²) in [5.74, 6) is -1.05. The molecule has 0 aromatic rings. The van der Waals surface area contributed by atoms with Crippen molar-refractivity contribution in [3.8, 4) is 0 Å². The molecule has 0 radical (unpaired) electrons. The van der Waals surface area contributed by atoms with E-state index in [-0.39, 0.29) is 5.76 Å². The number of ketones is 2. The zero-order valence-electron chi connectivity index (χ0n) is 13.0. The average Bonchev–Trinajstić information content (AvgIpc) is 2.46. The van der Waals surface area contributed by atoms with Crippen LogP contribution in [0.1, 0.15) is 64.7 Å². The van der Waals surface area contributed by atoms with Gasteiger partial charge < -0.3 is 5.11 Å². The summed E-state index contributed by atoms with van der Waals surface area (Å²) in [4.78, 5) is 23.2. The van der Waals surface area contributed by atoms with Gasteiger partial charge in [0.2, 0.25) is 11.6 Å². The highest BCUT2D eigenvalue weighted by molar-refractivity contribution is 6.48. The Morgan fingerprint density at radius 1 is 1.05 bits per heavy atom. The molecule has 0 aromatic heterocycles. The smallest absolute Gasteiger partial charge is 0.232 e. The molecule has 1 N–H and O–H groups in total. The van der Waals surface area contributed by atoms with E-state index in [0.29, 0.717) is 17.6 Å². The van der Waals surface area contributed by atoms with E-state index in [9.17, 15) is 14.7 Å². The average molecular weight is 290 g/mol. The van der Waals surface area contributed by atoms with Crippen molar-refractivity contribution in [1.82, 2.24) is 0 Å². The topological polar surface area (TPSA) is 54.4 Å². The minimum atomic E-state index is -0.539. The molecule has 0 fully saturated rings. The SMILES string of the molecule is C=CCCCCCCCCCC1=C(O)C(C)=CC(=O)C1=O. The lowest BCUT2D eigenvalue weighted by molar-refractivity contribution is -0.132. The van der Waals surface area contributed by atoms with Crippen LogP contribution in [0, 0.1) is 0 Å². The monoisotopic (exact) mass is 290 g/mol. The normalized spacial score (nSPS) is 15.4. The predicted molar refractivity (Wildman–Crippen MR) is 85.2 cm³/mol. The molecular weight excluding hydrogens is 264 g/mol. The first-order valence-corrected chi connectivity index (χ1v) is 7.88. The number of aliphatic hydroxyl groups is 1. The highest BCUT2D eigenvalue weighted by Crippen LogP contribution is 2.23. The number of hydrogen-bond donors (Lipinski definition) is 1. The van der Waals surface area contributed by atoms with Gasteiger partial charge in [0.15, 0.2) is 0 Å². The molecule has 21 heavy (non-hydrogen) atoms. The highest BCUT2D eigenvalue weighted by Gasteiger charge is 2.26. The van der Waals surface area contributed by atoms with Gasteiger partial charge in [-0.05, 0) is 44.3 Å². The molecule has 3 heteroatoms. The van der Waals surface area contributed by atoms with Crippen LogP contribution >= 0.6 is 0 Å². The van der Waals surface area contributed by atoms with Crippen molar-refractivity contribution in [3.63, 3.8) is 0 Å². The fraction of sp³-hybridized carbons (Fsp3) is 0.556. The van der Waals surface area contributed by atoms with Crippen LogP contribution < -0.4 is 0 Å². The van der Waals surface area contributed by atoms with E-state index >= 15 is 0 Å². The molecule has 0 aromatic carbocycles. The van der Waals surface area contributed by atoms with Gasteiger partial charge in [-0.15, -0.1) is 6.58 Å². The maximum absolute atomic E-state index is 11.7. The van der Waals surface area contributed by atoms with Gasteiger partial charge in [0.25, 0.3) is 0 Å². The lowest BCUT2D eigenvalue weighted by atomic mass is 9.92. The number of allylic oxidation sites excluding steroid dienone is 4. The van der Waals surface area contributed by atoms with Gasteiger partial charge >= 0.3 is 0 Å². The third-order valence-corrected chi connectivity index (χ3v) is 3.84. The quantitative estimate of drug-likeness (QED) is 0.277. The summed E-state index contributed by atoms with van der Waals surface area (Å²) in [6, 6.07) is 0. The van der Waals surface area contributed by atoms with Crippen LogP contribution in [-0.4, -0.2) is 16.7 Å². The number of carbonyl (C=O) groups excluding carboxylic acids is 2. The molecule has 0 spiro atoms. The lowest BCUT2D eigenvalue weighted by Gasteiger charge is -2.13. The molecule has 1 aliphatic rings. The molecule has 116 valence electrons. The van der Waals surface area contributed by atoms with Crippen LogP contribution in [0.4, 0.5) is 0 Å². The van der Waals surface area contributed by atoms with Gasteiger partial charge in [-0.2, -0.15) is 0 Å². The largest absolute Gasteiger partial charge is 0.507 e. The Hall–Kier alpha value is -1.64. The van der Waals surface area contributed by atoms with Gasteiger partial charge in [0, 0.05) is 5.57 Å². The summed E-state index contributed by atoms with van der Waals surface area (Å²) in [7, 11) is 0. The second-order valence-electron chi connectivity index (χ2n) is 5.65. The van der Waals surface area contributed by atoms with Crippen molar-refractivity contribution < 1.29 is 14.7 Å². The third-order valence-electron chi connectivity index (χ3n) is 3.84. The maximum atomic E-state index is 11.7. The van der Waals surface area contributed by atoms with E-state index in [2.05, 4.69) is 6.58 Å². The fourth-order valence-corrected chi connectivity index (χ4v) is 2.53. The number of rotatable bonds is 10. The van der Waals surface area contributed by atoms with Crippen LogP contribution in [0.15, 0.2) is 35.6 Å². The van der Waals surface area contributed by atoms with Crippen molar-refractivity contribution in [2.24, 2.45) is 0 Å². The van der Waals surface area contributed by atoms with Gasteiger partial charge in [0.05, 0.1) is 0 Å². The van der Waals surface area contributed by atoms with Crippen LogP contribution in [0.25, 0.3) is 0 Å². The molecule has 1 rings (SSSR count). The number of aliphatic hydroxyl groups excluding tert-OH is 1. The summed E-state index contributed by atoms with van der Waals surface area (Å²) in [5.41, 5.74) is 0.794. The fourth-order valence-electron chi connectivity index (χ4n) is 2.53. The number of unbranched alkanes of at least 4 members (excludes halogenated alkanes) is 7. The molecule has 0 atom stereocenters. The van der Waals surface area contributed by atoms with Gasteiger partial charge in [-0.1, -0.05) is 38.2 Å². The Morgan fingerprint density at radius 2 is 1.62 bits per heavy atom. The van der Waals surface area contributed by atoms with Crippen LogP contribution in [0.5, 0.6) is 0 Å². The van der Waals surface area contributed by atoms with Crippen molar-refractivity contribution in [1.29, 1.82) is 0 Å². The Labute approximate surface area is 127 Å². The number of hydrogen-bond acceptors (Lipinski definition) is 3. The zero-order valence-corrected chi connectivity index (χ0v) is 13.0. The molecule has 0 aliphatic heterocycles. The molecule has 0 amide bonds. The van der Waals surface area contributed by atoms with E-state index in [1.54, 1.807) is 6.92 Å². The molecule has 0 bridgehead atoms. The van der Waals surface area contributed by atoms with Crippen LogP contribution in [0.3, 0.4) is 0 Å². The van der Waals surface area contributed by atoms with Gasteiger partial charge in [-0.3, -0.25) is 9.59 Å². The van der Waals surface area contributed by atoms with E-state index in [4.69, 9.17) is 0 Å². The Balaban J connectivity index is 2.22. The standard InChI is InChI=1S/C18H26O3/c1-3-4-5-6-7-8-9-10-11-12-15-17(20)14(2)13-16(19)18(15)21/h3,13,20H,1,4-12H2,2H3. The number of carbonyl (C=O) groups is 2. The maximum Gasteiger partial charge on any atom is 0.232 e. The minimum Gasteiger partial charge on any atom is -0.507 e. The summed E-state index contributed by atoms with van der Waals surface area (Å²) in [6.45, 7) is 5.36. The second-order valence-corrected chi connectivity index (χ2v) is 5.65. The van der Waals surface area contributed by atoms with Gasteiger partial charge in [0.1, 0.15) is 5.76 Å². The summed E-state index contributed by atoms with van der Waals surface area (Å²) in [5, 5.41) is 9.88. The molecule has 1 aliphatic carbocycles. The number of Topliss-reactive ketones (excluding diaryl/α,β-unsaturated/α-hetero) is 1. The van der Waals surface area contributed by atoms with Crippen molar-refractivity contribution in [2.45, 2.75) is 64.7 Å². The molecule has 0 unspecified atom stereocenters. The van der Waals surface area contributed by atoms with E-state index in [1.165, 1.54) is 31.8 Å². The van der Waals surface area contributed by atoms with Crippen molar-refractivity contribution in [3.05, 3.63) is 35.6 Å². The zero-order chi connectivity index (χ0) is 15.7. The lowest BCUT2D eigenvalue weighted by Crippen LogP contribution is -2.20. The Bertz CT molecular complexity index is 455. The van der Waals surface area contributed by atoms with Crippen LogP contribution in [0.2, 0.25) is 0 Å². The Kier molecular flexibility index (Phi) is 7.73. The van der Waals surface area contributed by atoms with Crippen LogP contribution in [-0.2, 0) is 9.59 Å². The van der Waals surface area contributed by atoms with Crippen molar-refractivity contribution >= 4 is 11.6 Å². The first-order chi connectivity index (χ1) is 10.1. The van der Waals surface area contributed by atoms with E-state index in [1.807, 2.05) is 6.08 Å². The van der Waals surface area contributed by atoms with E-state index in [0.717, 1.165) is 25.7 Å². The summed E-state index contributed by atoms with van der Waals surface area (Å²) < 4.78 is 0. The van der Waals surface area contributed by atoms with E-state index < -0.39 is 11.6 Å². The first-order valence-electron chi connectivity index (χ1n) is 7.88. The molecular formula is C18H26O3. The second kappa shape index (κ2) is 9.32. The summed E-state index contributed by atoms with van der Waals surface area (Å²) in [6.07, 6.45) is 12.7. The third kappa shape index (κ3) is 5.70. The summed E-state index contributed by atoms with van der Waals surface area (Å²) >= 11 is 0. The molecule has 3 nitrogen and oxygen atoms in total. The molecule has 0 saturated heterocycles.